The molecule has 2 aliphatic rings. The second kappa shape index (κ2) is 8.54. The van der Waals surface area contributed by atoms with Crippen LogP contribution in [0.25, 0.3) is 0 Å². The zero-order chi connectivity index (χ0) is 22.9. The number of hydrogen-bond donors (Lipinski definition) is 1. The summed E-state index contributed by atoms with van der Waals surface area (Å²) in [5.41, 5.74) is -0.0216. The van der Waals surface area contributed by atoms with Crippen LogP contribution in [-0.4, -0.2) is 48.2 Å². The number of hydrogen-bond acceptors (Lipinski definition) is 5. The van der Waals surface area contributed by atoms with Crippen LogP contribution < -0.4 is 5.32 Å². The summed E-state index contributed by atoms with van der Waals surface area (Å²) >= 11 is 5.96. The van der Waals surface area contributed by atoms with Crippen molar-refractivity contribution in [1.29, 1.82) is 5.26 Å². The summed E-state index contributed by atoms with van der Waals surface area (Å²) in [7, 11) is -3.77. The second-order valence-electron chi connectivity index (χ2n) is 7.93. The van der Waals surface area contributed by atoms with Crippen molar-refractivity contribution in [2.24, 2.45) is 0 Å². The molecule has 32 heavy (non-hydrogen) atoms. The van der Waals surface area contributed by atoms with Gasteiger partial charge >= 0.3 is 6.03 Å². The molecule has 4 rings (SSSR count). The predicted molar refractivity (Wildman–Crippen MR) is 117 cm³/mol. The van der Waals surface area contributed by atoms with E-state index in [-0.39, 0.29) is 36.9 Å². The quantitative estimate of drug-likeness (QED) is 0.688. The van der Waals surface area contributed by atoms with E-state index in [0.29, 0.717) is 29.0 Å². The Labute approximate surface area is 191 Å². The minimum atomic E-state index is -3.77. The Hall–Kier alpha value is -2.93. The van der Waals surface area contributed by atoms with Crippen molar-refractivity contribution in [3.63, 3.8) is 0 Å². The summed E-state index contributed by atoms with van der Waals surface area (Å²) in [5.74, 6) is -0.369. The molecule has 1 atom stereocenters. The van der Waals surface area contributed by atoms with Gasteiger partial charge in [0, 0.05) is 18.1 Å². The van der Waals surface area contributed by atoms with Crippen LogP contribution in [0, 0.1) is 11.3 Å². The molecule has 166 valence electrons. The monoisotopic (exact) mass is 472 g/mol. The first-order chi connectivity index (χ1) is 15.2. The number of amides is 3. The molecular formula is C22H21ClN4O4S. The van der Waals surface area contributed by atoms with E-state index in [9.17, 15) is 18.0 Å². The zero-order valence-electron chi connectivity index (χ0n) is 17.1. The highest BCUT2D eigenvalue weighted by atomic mass is 35.5. The number of rotatable bonds is 4. The molecule has 1 N–H and O–H groups in total. The van der Waals surface area contributed by atoms with Gasteiger partial charge in [0.25, 0.3) is 5.91 Å². The summed E-state index contributed by atoms with van der Waals surface area (Å²) in [6.45, 7) is 0.384. The van der Waals surface area contributed by atoms with E-state index in [0.717, 1.165) is 4.90 Å². The van der Waals surface area contributed by atoms with Crippen LogP contribution >= 0.6 is 11.6 Å². The van der Waals surface area contributed by atoms with Crippen LogP contribution in [0.3, 0.4) is 0 Å². The van der Waals surface area contributed by atoms with Crippen LogP contribution in [0.2, 0.25) is 5.02 Å². The molecule has 8 nitrogen and oxygen atoms in total. The first-order valence-electron chi connectivity index (χ1n) is 10.1. The molecule has 0 bridgehead atoms. The van der Waals surface area contributed by atoms with Crippen LogP contribution in [0.15, 0.2) is 53.4 Å². The third kappa shape index (κ3) is 4.09. The van der Waals surface area contributed by atoms with E-state index in [1.54, 1.807) is 36.4 Å². The number of imide groups is 1. The maximum atomic E-state index is 13.3. The summed E-state index contributed by atoms with van der Waals surface area (Å²) in [6.07, 6.45) is 0.934. The molecule has 2 saturated heterocycles. The fraction of sp³-hybridized carbons (Fsp3) is 0.318. The van der Waals surface area contributed by atoms with E-state index >= 15 is 0 Å². The van der Waals surface area contributed by atoms with E-state index in [4.69, 9.17) is 16.9 Å². The largest absolute Gasteiger partial charge is 0.325 e. The molecule has 3 amide bonds. The molecular weight excluding hydrogens is 452 g/mol. The molecule has 0 aliphatic carbocycles. The van der Waals surface area contributed by atoms with Crippen LogP contribution in [0.1, 0.15) is 30.4 Å². The van der Waals surface area contributed by atoms with Crippen molar-refractivity contribution in [3.05, 3.63) is 64.7 Å². The smallest absolute Gasteiger partial charge is 0.323 e. The lowest BCUT2D eigenvalue weighted by Crippen LogP contribution is -2.47. The Bertz CT molecular complexity index is 1230. The van der Waals surface area contributed by atoms with Crippen LogP contribution in [-0.2, 0) is 21.4 Å². The van der Waals surface area contributed by atoms with Crippen LogP contribution in [0.5, 0.6) is 0 Å². The number of carbonyl (C=O) groups is 2. The Balaban J connectivity index is 1.52. The lowest BCUT2D eigenvalue weighted by molar-refractivity contribution is -0.132. The van der Waals surface area contributed by atoms with Crippen molar-refractivity contribution in [2.75, 3.05) is 13.1 Å². The fourth-order valence-corrected chi connectivity index (χ4v) is 5.99. The van der Waals surface area contributed by atoms with Gasteiger partial charge < -0.3 is 5.32 Å². The zero-order valence-corrected chi connectivity index (χ0v) is 18.7. The van der Waals surface area contributed by atoms with Gasteiger partial charge in [0.05, 0.1) is 23.1 Å². The van der Waals surface area contributed by atoms with Gasteiger partial charge in [0.15, 0.2) is 0 Å². The van der Waals surface area contributed by atoms with E-state index < -0.39 is 21.6 Å². The Morgan fingerprint density at radius 2 is 1.88 bits per heavy atom. The predicted octanol–water partition coefficient (Wildman–Crippen LogP) is 2.88. The van der Waals surface area contributed by atoms with Gasteiger partial charge in [-0.2, -0.15) is 9.57 Å². The number of halogens is 1. The molecule has 2 fully saturated rings. The summed E-state index contributed by atoms with van der Waals surface area (Å²) in [5, 5.41) is 12.2. The molecule has 0 saturated carbocycles. The normalized spacial score (nSPS) is 21.9. The van der Waals surface area contributed by atoms with E-state index in [1.807, 2.05) is 6.07 Å². The van der Waals surface area contributed by atoms with Crippen molar-refractivity contribution in [3.8, 4) is 6.07 Å². The van der Waals surface area contributed by atoms with Gasteiger partial charge in [-0.3, -0.25) is 9.69 Å². The van der Waals surface area contributed by atoms with Crippen molar-refractivity contribution < 1.29 is 18.0 Å². The Morgan fingerprint density at radius 1 is 1.09 bits per heavy atom. The molecule has 0 aromatic heterocycles. The minimum absolute atomic E-state index is 0.0481. The Morgan fingerprint density at radius 3 is 2.62 bits per heavy atom. The van der Waals surface area contributed by atoms with E-state index in [2.05, 4.69) is 5.32 Å². The Kier molecular flexibility index (Phi) is 5.95. The van der Waals surface area contributed by atoms with Gasteiger partial charge in [-0.05, 0) is 55.2 Å². The van der Waals surface area contributed by atoms with Gasteiger partial charge in [0.2, 0.25) is 10.0 Å². The molecule has 2 aliphatic heterocycles. The van der Waals surface area contributed by atoms with Gasteiger partial charge in [0.1, 0.15) is 5.54 Å². The molecule has 0 radical (unpaired) electrons. The number of benzene rings is 2. The average molecular weight is 473 g/mol. The third-order valence-corrected chi connectivity index (χ3v) is 8.01. The van der Waals surface area contributed by atoms with Crippen molar-refractivity contribution in [2.45, 2.75) is 36.2 Å². The van der Waals surface area contributed by atoms with Crippen molar-refractivity contribution in [1.82, 2.24) is 14.5 Å². The van der Waals surface area contributed by atoms with Gasteiger partial charge in [-0.1, -0.05) is 29.8 Å². The van der Waals surface area contributed by atoms with Crippen molar-refractivity contribution >= 4 is 33.6 Å². The number of sulfonamides is 1. The van der Waals surface area contributed by atoms with E-state index in [1.165, 1.54) is 16.4 Å². The summed E-state index contributed by atoms with van der Waals surface area (Å²) in [4.78, 5) is 27.2. The average Bonchev–Trinajstić information content (AvgIpc) is 2.92. The lowest BCUT2D eigenvalue weighted by atomic mass is 9.90. The molecule has 2 aromatic rings. The minimum Gasteiger partial charge on any atom is -0.323 e. The highest BCUT2D eigenvalue weighted by Crippen LogP contribution is 2.32. The SMILES string of the molecule is N#Cc1cccc(CN2C(=O)NC3(CCCN(S(=O)(=O)c4cccc(Cl)c4)CC3)C2=O)c1. The highest BCUT2D eigenvalue weighted by Gasteiger charge is 2.51. The highest BCUT2D eigenvalue weighted by molar-refractivity contribution is 7.89. The molecule has 2 aromatic carbocycles. The summed E-state index contributed by atoms with van der Waals surface area (Å²) < 4.78 is 27.5. The maximum absolute atomic E-state index is 13.3. The maximum Gasteiger partial charge on any atom is 0.325 e. The fourth-order valence-electron chi connectivity index (χ4n) is 4.21. The summed E-state index contributed by atoms with van der Waals surface area (Å²) in [6, 6.07) is 14.3. The first kappa shape index (κ1) is 22.3. The number of urea groups is 1. The topological polar surface area (TPSA) is 111 Å². The standard InChI is InChI=1S/C22H21ClN4O4S/c23-18-6-2-7-19(13-18)32(30,31)26-10-3-8-22(9-11-26)20(28)27(21(29)25-22)15-17-5-1-4-16(12-17)14-24/h1-2,4-7,12-13H,3,8-11,15H2,(H,25,29). The van der Waals surface area contributed by atoms with Gasteiger partial charge in [-0.25, -0.2) is 13.2 Å². The van der Waals surface area contributed by atoms with Crippen LogP contribution in [0.4, 0.5) is 4.79 Å². The third-order valence-electron chi connectivity index (χ3n) is 5.88. The molecule has 1 unspecified atom stereocenters. The number of nitrogens with zero attached hydrogens (tertiary/aromatic N) is 3. The number of nitrogens with one attached hydrogen (secondary N) is 1. The first-order valence-corrected chi connectivity index (χ1v) is 12.0. The molecule has 1 spiro atoms. The molecule has 10 heteroatoms. The van der Waals surface area contributed by atoms with Gasteiger partial charge in [-0.15, -0.1) is 0 Å². The number of carbonyl (C=O) groups excluding carboxylic acids is 2. The lowest BCUT2D eigenvalue weighted by Gasteiger charge is -2.25. The second-order valence-corrected chi connectivity index (χ2v) is 10.3. The number of nitriles is 1. The molecule has 2 heterocycles.